The van der Waals surface area contributed by atoms with Crippen molar-refractivity contribution in [3.05, 3.63) is 33.8 Å². The quantitative estimate of drug-likeness (QED) is 0.776. The van der Waals surface area contributed by atoms with Gasteiger partial charge >= 0.3 is 0 Å². The van der Waals surface area contributed by atoms with E-state index >= 15 is 0 Å². The van der Waals surface area contributed by atoms with Crippen LogP contribution < -0.4 is 5.32 Å². The van der Waals surface area contributed by atoms with Gasteiger partial charge < -0.3 is 5.32 Å². The third-order valence-electron chi connectivity index (χ3n) is 4.27. The Hall–Kier alpha value is -0.240. The fourth-order valence-corrected chi connectivity index (χ4v) is 3.63. The minimum atomic E-state index is 0.728. The molecule has 0 amide bonds. The highest BCUT2D eigenvalue weighted by molar-refractivity contribution is 6.33. The molecule has 0 radical (unpaired) electrons. The molecule has 19 heavy (non-hydrogen) atoms. The maximum atomic E-state index is 6.31. The highest BCUT2D eigenvalue weighted by Crippen LogP contribution is 2.33. The van der Waals surface area contributed by atoms with Crippen LogP contribution in [-0.4, -0.2) is 13.6 Å². The molecule has 0 bridgehead atoms. The summed E-state index contributed by atoms with van der Waals surface area (Å²) in [6, 6.07) is 5.82. The van der Waals surface area contributed by atoms with Gasteiger partial charge in [-0.15, -0.1) is 0 Å². The molecule has 2 unspecified atom stereocenters. The third-order valence-corrected chi connectivity index (χ3v) is 4.88. The smallest absolute Gasteiger partial charge is 0.0439 e. The van der Waals surface area contributed by atoms with E-state index in [0.29, 0.717) is 0 Å². The van der Waals surface area contributed by atoms with Gasteiger partial charge in [0.1, 0.15) is 0 Å². The second kappa shape index (κ2) is 7.52. The molecule has 2 rings (SSSR count). The molecule has 1 aromatic rings. The molecule has 1 aliphatic rings. The van der Waals surface area contributed by atoms with E-state index in [1.54, 1.807) is 0 Å². The third kappa shape index (κ3) is 4.37. The fraction of sp³-hybridized carbons (Fsp3) is 0.625. The second-order valence-electron chi connectivity index (χ2n) is 5.66. The first kappa shape index (κ1) is 15.2. The summed E-state index contributed by atoms with van der Waals surface area (Å²) in [4.78, 5) is 0. The second-order valence-corrected chi connectivity index (χ2v) is 6.50. The van der Waals surface area contributed by atoms with Crippen molar-refractivity contribution >= 4 is 23.2 Å². The lowest BCUT2D eigenvalue weighted by Gasteiger charge is -2.25. The van der Waals surface area contributed by atoms with Crippen LogP contribution in [0.2, 0.25) is 10.0 Å². The number of nitrogens with one attached hydrogen (secondary N) is 1. The molecule has 0 spiro atoms. The molecule has 0 aromatic heterocycles. The Morgan fingerprint density at radius 3 is 2.58 bits per heavy atom. The summed E-state index contributed by atoms with van der Waals surface area (Å²) >= 11 is 12.4. The van der Waals surface area contributed by atoms with E-state index < -0.39 is 0 Å². The zero-order chi connectivity index (χ0) is 13.7. The van der Waals surface area contributed by atoms with Crippen molar-refractivity contribution in [2.45, 2.75) is 38.5 Å². The first-order chi connectivity index (χ1) is 9.20. The van der Waals surface area contributed by atoms with Crippen LogP contribution in [0.4, 0.5) is 0 Å². The van der Waals surface area contributed by atoms with Gasteiger partial charge in [-0.2, -0.15) is 0 Å². The molecular weight excluding hydrogens is 277 g/mol. The van der Waals surface area contributed by atoms with Gasteiger partial charge in [0.05, 0.1) is 0 Å². The lowest BCUT2D eigenvalue weighted by atomic mass is 9.83. The molecule has 1 fully saturated rings. The van der Waals surface area contributed by atoms with Crippen LogP contribution >= 0.6 is 23.2 Å². The van der Waals surface area contributed by atoms with Crippen LogP contribution in [0.1, 0.15) is 37.7 Å². The number of benzene rings is 1. The molecule has 1 saturated carbocycles. The molecule has 0 heterocycles. The van der Waals surface area contributed by atoms with Gasteiger partial charge in [-0.3, -0.25) is 0 Å². The van der Waals surface area contributed by atoms with Gasteiger partial charge in [0.2, 0.25) is 0 Å². The van der Waals surface area contributed by atoms with Crippen molar-refractivity contribution in [1.29, 1.82) is 0 Å². The van der Waals surface area contributed by atoms with Crippen molar-refractivity contribution < 1.29 is 0 Å². The summed E-state index contributed by atoms with van der Waals surface area (Å²) in [7, 11) is 2.05. The van der Waals surface area contributed by atoms with Gasteiger partial charge in [-0.25, -0.2) is 0 Å². The van der Waals surface area contributed by atoms with Gasteiger partial charge in [0.15, 0.2) is 0 Å². The molecule has 1 N–H and O–H groups in total. The maximum absolute atomic E-state index is 6.31. The molecule has 3 heteroatoms. The summed E-state index contributed by atoms with van der Waals surface area (Å²) in [5, 5.41) is 5.00. The highest BCUT2D eigenvalue weighted by Gasteiger charge is 2.24. The van der Waals surface area contributed by atoms with Gasteiger partial charge in [0.25, 0.3) is 0 Å². The van der Waals surface area contributed by atoms with Crippen molar-refractivity contribution in [3.63, 3.8) is 0 Å². The Morgan fingerprint density at radius 1 is 1.11 bits per heavy atom. The molecular formula is C16H23Cl2N. The molecule has 0 aliphatic heterocycles. The normalized spacial score (nSPS) is 24.2. The summed E-state index contributed by atoms with van der Waals surface area (Å²) in [6.07, 6.45) is 7.81. The van der Waals surface area contributed by atoms with E-state index in [0.717, 1.165) is 34.8 Å². The van der Waals surface area contributed by atoms with E-state index in [2.05, 4.69) is 5.32 Å². The van der Waals surface area contributed by atoms with Crippen molar-refractivity contribution in [2.24, 2.45) is 11.8 Å². The number of rotatable bonds is 4. The number of hydrogen-bond donors (Lipinski definition) is 1. The van der Waals surface area contributed by atoms with Gasteiger partial charge in [-0.05, 0) is 68.5 Å². The number of halogens is 2. The Balaban J connectivity index is 2.11. The highest BCUT2D eigenvalue weighted by atomic mass is 35.5. The first-order valence-corrected chi connectivity index (χ1v) is 8.05. The molecule has 2 atom stereocenters. The van der Waals surface area contributed by atoms with Gasteiger partial charge in [0, 0.05) is 10.0 Å². The zero-order valence-corrected chi connectivity index (χ0v) is 13.1. The average molecular weight is 300 g/mol. The van der Waals surface area contributed by atoms with Crippen LogP contribution in [0.5, 0.6) is 0 Å². The Kier molecular flexibility index (Phi) is 6.00. The minimum Gasteiger partial charge on any atom is -0.319 e. The van der Waals surface area contributed by atoms with E-state index in [9.17, 15) is 0 Å². The molecule has 106 valence electrons. The van der Waals surface area contributed by atoms with Crippen molar-refractivity contribution in [1.82, 2.24) is 5.32 Å². The summed E-state index contributed by atoms with van der Waals surface area (Å²) in [5.74, 6) is 1.49. The lowest BCUT2D eigenvalue weighted by Crippen LogP contribution is -2.26. The summed E-state index contributed by atoms with van der Waals surface area (Å²) < 4.78 is 0. The maximum Gasteiger partial charge on any atom is 0.0439 e. The largest absolute Gasteiger partial charge is 0.319 e. The van der Waals surface area contributed by atoms with E-state index in [1.165, 1.54) is 37.7 Å². The zero-order valence-electron chi connectivity index (χ0n) is 11.6. The van der Waals surface area contributed by atoms with Crippen LogP contribution in [0.15, 0.2) is 18.2 Å². The predicted molar refractivity (Wildman–Crippen MR) is 84.2 cm³/mol. The van der Waals surface area contributed by atoms with E-state index in [4.69, 9.17) is 23.2 Å². The van der Waals surface area contributed by atoms with Gasteiger partial charge in [-0.1, -0.05) is 42.5 Å². The monoisotopic (exact) mass is 299 g/mol. The van der Waals surface area contributed by atoms with Crippen LogP contribution in [0.3, 0.4) is 0 Å². The fourth-order valence-electron chi connectivity index (χ4n) is 3.24. The molecule has 1 aromatic carbocycles. The summed E-state index contributed by atoms with van der Waals surface area (Å²) in [6.45, 7) is 1.11. The Bertz CT molecular complexity index is 406. The summed E-state index contributed by atoms with van der Waals surface area (Å²) in [5.41, 5.74) is 1.21. The topological polar surface area (TPSA) is 12.0 Å². The lowest BCUT2D eigenvalue weighted by molar-refractivity contribution is 0.304. The average Bonchev–Trinajstić information content (AvgIpc) is 2.60. The molecule has 0 saturated heterocycles. The predicted octanol–water partition coefficient (Wildman–Crippen LogP) is 4.95. The number of hydrogen-bond acceptors (Lipinski definition) is 1. The van der Waals surface area contributed by atoms with Crippen LogP contribution in [-0.2, 0) is 6.42 Å². The van der Waals surface area contributed by atoms with E-state index in [-0.39, 0.29) is 0 Å². The Morgan fingerprint density at radius 2 is 1.84 bits per heavy atom. The van der Waals surface area contributed by atoms with Crippen molar-refractivity contribution in [2.75, 3.05) is 13.6 Å². The Labute approximate surface area is 126 Å². The standard InChI is InChI=1S/C16H23Cl2N/c1-19-11-13-6-4-2-3-5-12(13)9-14-10-15(17)7-8-16(14)18/h7-8,10,12-13,19H,2-6,9,11H2,1H3. The van der Waals surface area contributed by atoms with E-state index in [1.807, 2.05) is 25.2 Å². The minimum absolute atomic E-state index is 0.728. The van der Waals surface area contributed by atoms with Crippen LogP contribution in [0, 0.1) is 11.8 Å². The van der Waals surface area contributed by atoms with Crippen LogP contribution in [0.25, 0.3) is 0 Å². The molecule has 1 aliphatic carbocycles. The SMILES string of the molecule is CNCC1CCCCCC1Cc1cc(Cl)ccc1Cl. The first-order valence-electron chi connectivity index (χ1n) is 7.29. The van der Waals surface area contributed by atoms with Crippen molar-refractivity contribution in [3.8, 4) is 0 Å². The molecule has 1 nitrogen and oxygen atoms in total.